The Balaban J connectivity index is 1.83. The normalized spacial score (nSPS) is 22.4. The van der Waals surface area contributed by atoms with Gasteiger partial charge in [-0.2, -0.15) is 0 Å². The summed E-state index contributed by atoms with van der Waals surface area (Å²) in [5.41, 5.74) is 3.80. The maximum absolute atomic E-state index is 13.6. The first-order valence-corrected chi connectivity index (χ1v) is 11.5. The number of ether oxygens (including phenoxy) is 3. The largest absolute Gasteiger partial charge is 0.496 e. The predicted octanol–water partition coefficient (Wildman–Crippen LogP) is 5.21. The Labute approximate surface area is 201 Å². The summed E-state index contributed by atoms with van der Waals surface area (Å²) in [5, 5.41) is 0. The fourth-order valence-electron chi connectivity index (χ4n) is 4.95. The zero-order valence-corrected chi connectivity index (χ0v) is 20.6. The summed E-state index contributed by atoms with van der Waals surface area (Å²) in [6, 6.07) is 13.4. The molecule has 2 aromatic rings. The minimum atomic E-state index is -0.666. The lowest BCUT2D eigenvalue weighted by molar-refractivity contribution is -0.143. The number of Topliss-reactive ketones (excluding diaryl/α,β-unsaturated/α-hetero) is 1. The molecular weight excluding hydrogens is 486 g/mol. The topological polar surface area (TPSA) is 74.2 Å². The molecule has 1 aliphatic carbocycles. The molecule has 0 aromatic heterocycles. The first kappa shape index (κ1) is 23.2. The highest BCUT2D eigenvalue weighted by Gasteiger charge is 2.45. The first-order chi connectivity index (χ1) is 15.9. The van der Waals surface area contributed by atoms with E-state index in [4.69, 9.17) is 19.2 Å². The number of hydrogen-bond acceptors (Lipinski definition) is 6. The van der Waals surface area contributed by atoms with Crippen LogP contribution in [0.4, 0.5) is 0 Å². The van der Waals surface area contributed by atoms with Gasteiger partial charge in [-0.25, -0.2) is 0 Å². The minimum absolute atomic E-state index is 0.00532. The van der Waals surface area contributed by atoms with Crippen LogP contribution in [0.25, 0.3) is 0 Å². The number of methoxy groups -OCH3 is 3. The standard InChI is InChI=1S/C26H26BrNO5/c1-14-23(26(30)33-4)24(15-9-10-22(32-3)18(27)11-15)25-19(28-14)12-16(13-20(25)29)17-7-5-6-8-21(17)31-2/h5-11,16,23-24H,12-13H2,1-4H3. The smallest absolute Gasteiger partial charge is 0.315 e. The average molecular weight is 512 g/mol. The summed E-state index contributed by atoms with van der Waals surface area (Å²) >= 11 is 3.54. The van der Waals surface area contributed by atoms with Crippen LogP contribution in [0.3, 0.4) is 0 Å². The van der Waals surface area contributed by atoms with Gasteiger partial charge < -0.3 is 14.2 Å². The van der Waals surface area contributed by atoms with E-state index in [0.717, 1.165) is 27.0 Å². The third-order valence-corrected chi connectivity index (χ3v) is 7.08. The maximum atomic E-state index is 13.6. The van der Waals surface area contributed by atoms with Crippen LogP contribution in [0.2, 0.25) is 0 Å². The summed E-state index contributed by atoms with van der Waals surface area (Å²) in [6.45, 7) is 1.83. The number of allylic oxidation sites excluding steroid dienone is 2. The second-order valence-corrected chi connectivity index (χ2v) is 9.11. The van der Waals surface area contributed by atoms with Gasteiger partial charge in [0.1, 0.15) is 17.4 Å². The third kappa shape index (κ3) is 4.22. The molecule has 1 heterocycles. The third-order valence-electron chi connectivity index (χ3n) is 6.46. The number of esters is 1. The minimum Gasteiger partial charge on any atom is -0.496 e. The molecule has 4 rings (SSSR count). The molecule has 2 aromatic carbocycles. The van der Waals surface area contributed by atoms with Gasteiger partial charge in [0.05, 0.1) is 25.8 Å². The van der Waals surface area contributed by atoms with Gasteiger partial charge in [0.2, 0.25) is 0 Å². The van der Waals surface area contributed by atoms with Crippen LogP contribution < -0.4 is 9.47 Å². The Kier molecular flexibility index (Phi) is 6.70. The Morgan fingerprint density at radius 1 is 1.03 bits per heavy atom. The number of carbonyl (C=O) groups is 2. The number of ketones is 1. The van der Waals surface area contributed by atoms with Crippen LogP contribution in [-0.2, 0) is 14.3 Å². The van der Waals surface area contributed by atoms with Crippen molar-refractivity contribution in [3.05, 3.63) is 69.3 Å². The monoisotopic (exact) mass is 511 g/mol. The average Bonchev–Trinajstić information content (AvgIpc) is 2.82. The zero-order chi connectivity index (χ0) is 23.7. The molecule has 0 saturated carbocycles. The second-order valence-electron chi connectivity index (χ2n) is 8.26. The first-order valence-electron chi connectivity index (χ1n) is 10.7. The predicted molar refractivity (Wildman–Crippen MR) is 129 cm³/mol. The fourth-order valence-corrected chi connectivity index (χ4v) is 5.51. The van der Waals surface area contributed by atoms with E-state index in [9.17, 15) is 9.59 Å². The number of aliphatic imine (C=N–C) groups is 1. The van der Waals surface area contributed by atoms with Crippen molar-refractivity contribution >= 4 is 33.4 Å². The van der Waals surface area contributed by atoms with E-state index >= 15 is 0 Å². The Bertz CT molecular complexity index is 1170. The second kappa shape index (κ2) is 9.51. The van der Waals surface area contributed by atoms with Crippen LogP contribution in [-0.4, -0.2) is 38.8 Å². The molecule has 172 valence electrons. The Morgan fingerprint density at radius 2 is 1.76 bits per heavy atom. The van der Waals surface area contributed by atoms with Crippen LogP contribution >= 0.6 is 15.9 Å². The SMILES string of the molecule is COC(=O)C1C(C)=NC2=C(C(=O)CC(c3ccccc3OC)C2)C1c1ccc(OC)c(Br)c1. The van der Waals surface area contributed by atoms with Crippen molar-refractivity contribution in [1.29, 1.82) is 0 Å². The number of benzene rings is 2. The van der Waals surface area contributed by atoms with Gasteiger partial charge in [0, 0.05) is 35.2 Å². The van der Waals surface area contributed by atoms with Gasteiger partial charge in [-0.15, -0.1) is 0 Å². The van der Waals surface area contributed by atoms with E-state index in [-0.39, 0.29) is 11.7 Å². The molecule has 0 radical (unpaired) electrons. The van der Waals surface area contributed by atoms with Gasteiger partial charge in [-0.1, -0.05) is 24.3 Å². The van der Waals surface area contributed by atoms with E-state index in [2.05, 4.69) is 15.9 Å². The highest BCUT2D eigenvalue weighted by molar-refractivity contribution is 9.10. The summed E-state index contributed by atoms with van der Waals surface area (Å²) in [5.74, 6) is -0.150. The molecule has 0 fully saturated rings. The van der Waals surface area contributed by atoms with E-state index in [1.165, 1.54) is 7.11 Å². The van der Waals surface area contributed by atoms with Crippen LogP contribution in [0, 0.1) is 5.92 Å². The van der Waals surface area contributed by atoms with Gasteiger partial charge in [-0.3, -0.25) is 14.6 Å². The number of halogens is 1. The van der Waals surface area contributed by atoms with Crippen LogP contribution in [0.15, 0.2) is 63.2 Å². The summed E-state index contributed by atoms with van der Waals surface area (Å²) in [7, 11) is 4.59. The van der Waals surface area contributed by atoms with Crippen molar-refractivity contribution in [3.8, 4) is 11.5 Å². The van der Waals surface area contributed by atoms with Gasteiger partial charge in [0.15, 0.2) is 5.78 Å². The number of hydrogen-bond donors (Lipinski definition) is 0. The zero-order valence-electron chi connectivity index (χ0n) is 19.1. The number of nitrogens with zero attached hydrogens (tertiary/aromatic N) is 1. The number of carbonyl (C=O) groups excluding carboxylic acids is 2. The van der Waals surface area contributed by atoms with Crippen LogP contribution in [0.5, 0.6) is 11.5 Å². The highest BCUT2D eigenvalue weighted by Crippen LogP contribution is 2.48. The molecule has 3 unspecified atom stereocenters. The summed E-state index contributed by atoms with van der Waals surface area (Å²) < 4.78 is 16.8. The molecule has 0 saturated heterocycles. The molecule has 0 amide bonds. The lowest BCUT2D eigenvalue weighted by Gasteiger charge is -2.36. The van der Waals surface area contributed by atoms with Crippen molar-refractivity contribution in [2.75, 3.05) is 21.3 Å². The fraction of sp³-hybridized carbons (Fsp3) is 0.346. The Morgan fingerprint density at radius 3 is 2.42 bits per heavy atom. The van der Waals surface area contributed by atoms with Crippen molar-refractivity contribution in [2.45, 2.75) is 31.6 Å². The van der Waals surface area contributed by atoms with Crippen molar-refractivity contribution in [3.63, 3.8) is 0 Å². The number of rotatable bonds is 5. The molecule has 2 aliphatic rings. The molecule has 0 bridgehead atoms. The van der Waals surface area contributed by atoms with E-state index in [1.54, 1.807) is 14.2 Å². The maximum Gasteiger partial charge on any atom is 0.315 e. The highest BCUT2D eigenvalue weighted by atomic mass is 79.9. The molecule has 1 aliphatic heterocycles. The van der Waals surface area contributed by atoms with Gasteiger partial charge >= 0.3 is 5.97 Å². The molecular formula is C26H26BrNO5. The summed E-state index contributed by atoms with van der Waals surface area (Å²) in [4.78, 5) is 31.2. The number of para-hydroxylation sites is 1. The lowest BCUT2D eigenvalue weighted by Crippen LogP contribution is -2.37. The van der Waals surface area contributed by atoms with Crippen molar-refractivity contribution < 1.29 is 23.8 Å². The van der Waals surface area contributed by atoms with Gasteiger partial charge in [0.25, 0.3) is 0 Å². The Hall–Kier alpha value is -2.93. The molecule has 3 atom stereocenters. The molecule has 7 heteroatoms. The van der Waals surface area contributed by atoms with Crippen molar-refractivity contribution in [2.24, 2.45) is 10.9 Å². The quantitative estimate of drug-likeness (QED) is 0.514. The van der Waals surface area contributed by atoms with Crippen LogP contribution in [0.1, 0.15) is 42.7 Å². The molecule has 0 spiro atoms. The van der Waals surface area contributed by atoms with E-state index in [1.807, 2.05) is 49.4 Å². The molecule has 0 N–H and O–H groups in total. The molecule has 6 nitrogen and oxygen atoms in total. The summed E-state index contributed by atoms with van der Waals surface area (Å²) in [6.07, 6.45) is 0.927. The van der Waals surface area contributed by atoms with Gasteiger partial charge in [-0.05, 0) is 58.6 Å². The van der Waals surface area contributed by atoms with E-state index < -0.39 is 17.8 Å². The molecule has 33 heavy (non-hydrogen) atoms. The van der Waals surface area contributed by atoms with Crippen molar-refractivity contribution in [1.82, 2.24) is 0 Å². The lowest BCUT2D eigenvalue weighted by atomic mass is 9.69. The van der Waals surface area contributed by atoms with E-state index in [0.29, 0.717) is 29.9 Å².